The van der Waals surface area contributed by atoms with Crippen LogP contribution >= 0.6 is 0 Å². The Hall–Kier alpha value is -1.10. The Balaban J connectivity index is 2.32. The summed E-state index contributed by atoms with van der Waals surface area (Å²) >= 11 is 0. The first kappa shape index (κ1) is 12.4. The second-order valence-corrected chi connectivity index (χ2v) is 4.56. The summed E-state index contributed by atoms with van der Waals surface area (Å²) in [4.78, 5) is 0. The van der Waals surface area contributed by atoms with Crippen molar-refractivity contribution in [3.63, 3.8) is 0 Å². The molecule has 0 bridgehead atoms. The summed E-state index contributed by atoms with van der Waals surface area (Å²) < 4.78 is 50.5. The lowest BCUT2D eigenvalue weighted by Gasteiger charge is -2.21. The van der Waals surface area contributed by atoms with Crippen LogP contribution in [0.2, 0.25) is 0 Å². The third-order valence-corrected chi connectivity index (χ3v) is 3.29. The van der Waals surface area contributed by atoms with Crippen molar-refractivity contribution in [3.8, 4) is 0 Å². The number of hydrogen-bond donors (Lipinski definition) is 1. The van der Waals surface area contributed by atoms with Gasteiger partial charge in [0.25, 0.3) is 0 Å². The van der Waals surface area contributed by atoms with Crippen LogP contribution in [0.25, 0.3) is 0 Å². The molecule has 1 aliphatic rings. The normalized spacial score (nSPS) is 20.1. The second-order valence-electron chi connectivity index (χ2n) is 4.56. The van der Waals surface area contributed by atoms with Gasteiger partial charge in [0.15, 0.2) is 0 Å². The molecule has 5 heteroatoms. The van der Waals surface area contributed by atoms with E-state index in [0.717, 1.165) is 12.1 Å². The molecule has 0 aromatic heterocycles. The zero-order valence-corrected chi connectivity index (χ0v) is 9.10. The van der Waals surface area contributed by atoms with E-state index in [2.05, 4.69) is 0 Å². The summed E-state index contributed by atoms with van der Waals surface area (Å²) in [6.45, 7) is -0.724. The quantitative estimate of drug-likeness (QED) is 0.815. The van der Waals surface area contributed by atoms with Crippen LogP contribution in [-0.4, -0.2) is 12.2 Å². The van der Waals surface area contributed by atoms with Crippen molar-refractivity contribution in [3.05, 3.63) is 35.4 Å². The van der Waals surface area contributed by atoms with Crippen molar-refractivity contribution in [2.24, 2.45) is 5.73 Å². The summed E-state index contributed by atoms with van der Waals surface area (Å²) in [5, 5.41) is 0. The smallest absolute Gasteiger partial charge is 0.324 e. The van der Waals surface area contributed by atoms with Crippen LogP contribution in [0.15, 0.2) is 24.3 Å². The lowest BCUT2D eigenvalue weighted by atomic mass is 9.90. The van der Waals surface area contributed by atoms with Crippen molar-refractivity contribution >= 4 is 0 Å². The molecule has 1 aromatic carbocycles. The van der Waals surface area contributed by atoms with Crippen LogP contribution in [0.3, 0.4) is 0 Å². The summed E-state index contributed by atoms with van der Waals surface area (Å²) in [5.41, 5.74) is 4.80. The van der Waals surface area contributed by atoms with Crippen LogP contribution in [-0.2, 0) is 6.18 Å². The van der Waals surface area contributed by atoms with Crippen molar-refractivity contribution < 1.29 is 17.6 Å². The minimum absolute atomic E-state index is 0.335. The molecule has 1 aromatic rings. The first-order valence-electron chi connectivity index (χ1n) is 5.39. The second kappa shape index (κ2) is 3.98. The molecule has 0 aliphatic heterocycles. The first-order chi connectivity index (χ1) is 7.87. The largest absolute Gasteiger partial charge is 0.416 e. The fourth-order valence-electron chi connectivity index (χ4n) is 2.00. The zero-order chi connectivity index (χ0) is 12.7. The summed E-state index contributed by atoms with van der Waals surface area (Å²) in [6.07, 6.45) is -3.07. The van der Waals surface area contributed by atoms with Crippen LogP contribution in [0.1, 0.15) is 29.9 Å². The van der Waals surface area contributed by atoms with Gasteiger partial charge in [-0.15, -0.1) is 0 Å². The molecule has 1 unspecified atom stereocenters. The molecular weight excluding hydrogens is 234 g/mol. The predicted octanol–water partition coefficient (Wildman–Crippen LogP) is 3.25. The van der Waals surface area contributed by atoms with Crippen molar-refractivity contribution in [1.82, 2.24) is 0 Å². The number of nitrogens with two attached hydrogens (primary N) is 1. The molecule has 1 saturated carbocycles. The average Bonchev–Trinajstić information content (AvgIpc) is 2.97. The van der Waals surface area contributed by atoms with E-state index >= 15 is 0 Å². The van der Waals surface area contributed by atoms with Gasteiger partial charge in [-0.05, 0) is 24.5 Å². The van der Waals surface area contributed by atoms with E-state index < -0.39 is 29.9 Å². The van der Waals surface area contributed by atoms with E-state index in [4.69, 9.17) is 5.73 Å². The predicted molar refractivity (Wildman–Crippen MR) is 56.3 cm³/mol. The molecule has 1 aliphatic carbocycles. The maximum absolute atomic E-state index is 12.9. The lowest BCUT2D eigenvalue weighted by Crippen LogP contribution is -2.32. The monoisotopic (exact) mass is 247 g/mol. The summed E-state index contributed by atoms with van der Waals surface area (Å²) in [6, 6.07) is 4.78. The van der Waals surface area contributed by atoms with E-state index in [1.54, 1.807) is 0 Å². The van der Waals surface area contributed by atoms with Gasteiger partial charge >= 0.3 is 6.18 Å². The zero-order valence-electron chi connectivity index (χ0n) is 9.10. The van der Waals surface area contributed by atoms with Crippen LogP contribution in [0.5, 0.6) is 0 Å². The summed E-state index contributed by atoms with van der Waals surface area (Å²) in [5.74, 6) is -0.634. The maximum Gasteiger partial charge on any atom is 0.416 e. The number of hydrogen-bond acceptors (Lipinski definition) is 1. The maximum atomic E-state index is 12.9. The molecule has 94 valence electrons. The number of alkyl halides is 4. The van der Waals surface area contributed by atoms with Gasteiger partial charge in [-0.1, -0.05) is 18.2 Å². The highest BCUT2D eigenvalue weighted by atomic mass is 19.4. The first-order valence-corrected chi connectivity index (χ1v) is 5.39. The number of benzene rings is 1. The molecule has 1 atom stereocenters. The molecule has 0 amide bonds. The standard InChI is InChI=1S/C12H13F4N/c13-7-10(11(17)4-5-11)8-2-1-3-9(6-8)12(14,15)16/h1-3,6,10H,4-5,7,17H2. The molecule has 2 N–H and O–H groups in total. The number of halogens is 4. The fourth-order valence-corrected chi connectivity index (χ4v) is 2.00. The lowest BCUT2D eigenvalue weighted by molar-refractivity contribution is -0.137. The molecule has 0 spiro atoms. The van der Waals surface area contributed by atoms with Crippen molar-refractivity contribution in [2.45, 2.75) is 30.5 Å². The minimum Gasteiger partial charge on any atom is -0.324 e. The molecule has 17 heavy (non-hydrogen) atoms. The highest BCUT2D eigenvalue weighted by Gasteiger charge is 2.46. The molecule has 0 saturated heterocycles. The molecule has 2 rings (SSSR count). The van der Waals surface area contributed by atoms with Gasteiger partial charge in [0, 0.05) is 11.5 Å². The molecule has 1 nitrogen and oxygen atoms in total. The van der Waals surface area contributed by atoms with E-state index in [1.165, 1.54) is 12.1 Å². The van der Waals surface area contributed by atoms with Crippen LogP contribution in [0.4, 0.5) is 17.6 Å². The molecular formula is C12H13F4N. The number of rotatable bonds is 3. The highest BCUT2D eigenvalue weighted by Crippen LogP contribution is 2.45. The third kappa shape index (κ3) is 2.44. The van der Waals surface area contributed by atoms with Crippen molar-refractivity contribution in [2.75, 3.05) is 6.67 Å². The Kier molecular flexibility index (Phi) is 2.89. The minimum atomic E-state index is -4.40. The van der Waals surface area contributed by atoms with E-state index in [-0.39, 0.29) is 0 Å². The van der Waals surface area contributed by atoms with E-state index in [1.807, 2.05) is 0 Å². The Morgan fingerprint density at radius 2 is 1.94 bits per heavy atom. The summed E-state index contributed by atoms with van der Waals surface area (Å²) in [7, 11) is 0. The molecule has 1 fully saturated rings. The van der Waals surface area contributed by atoms with Crippen LogP contribution < -0.4 is 5.73 Å². The molecule has 0 radical (unpaired) electrons. The Bertz CT molecular complexity index is 409. The van der Waals surface area contributed by atoms with Gasteiger partial charge in [0.05, 0.1) is 12.2 Å². The third-order valence-electron chi connectivity index (χ3n) is 3.29. The fraction of sp³-hybridized carbons (Fsp3) is 0.500. The highest BCUT2D eigenvalue weighted by molar-refractivity contribution is 5.32. The molecule has 0 heterocycles. The Morgan fingerprint density at radius 1 is 1.29 bits per heavy atom. The average molecular weight is 247 g/mol. The van der Waals surface area contributed by atoms with Gasteiger partial charge < -0.3 is 5.73 Å². The van der Waals surface area contributed by atoms with Crippen molar-refractivity contribution in [1.29, 1.82) is 0 Å². The van der Waals surface area contributed by atoms with Gasteiger partial charge in [-0.2, -0.15) is 13.2 Å². The van der Waals surface area contributed by atoms with Crippen LogP contribution in [0, 0.1) is 0 Å². The van der Waals surface area contributed by atoms with Gasteiger partial charge in [-0.25, -0.2) is 0 Å². The van der Waals surface area contributed by atoms with E-state index in [9.17, 15) is 17.6 Å². The van der Waals surface area contributed by atoms with Gasteiger partial charge in [-0.3, -0.25) is 4.39 Å². The topological polar surface area (TPSA) is 26.0 Å². The Morgan fingerprint density at radius 3 is 2.41 bits per heavy atom. The van der Waals surface area contributed by atoms with E-state index in [0.29, 0.717) is 18.4 Å². The Labute approximate surface area is 96.6 Å². The van der Waals surface area contributed by atoms with Gasteiger partial charge in [0.2, 0.25) is 0 Å². The SMILES string of the molecule is NC1(C(CF)c2cccc(C(F)(F)F)c2)CC1. The van der Waals surface area contributed by atoms with Gasteiger partial charge in [0.1, 0.15) is 0 Å².